The Kier molecular flexibility index (Phi) is 6.83. The molecular formula is C21H26N2O2S. The Bertz CT molecular complexity index is 692. The summed E-state index contributed by atoms with van der Waals surface area (Å²) in [5.41, 5.74) is 2.08. The number of nitrogens with one attached hydrogen (secondary N) is 1. The van der Waals surface area contributed by atoms with Crippen LogP contribution in [-0.4, -0.2) is 36.3 Å². The van der Waals surface area contributed by atoms with Crippen molar-refractivity contribution in [1.29, 1.82) is 0 Å². The number of likely N-dealkylation sites (tertiary alicyclic amines) is 1. The second kappa shape index (κ2) is 9.53. The predicted molar refractivity (Wildman–Crippen MR) is 105 cm³/mol. The fourth-order valence-electron chi connectivity index (χ4n) is 3.43. The summed E-state index contributed by atoms with van der Waals surface area (Å²) in [7, 11) is 0. The van der Waals surface area contributed by atoms with Gasteiger partial charge in [0.2, 0.25) is 5.91 Å². The van der Waals surface area contributed by atoms with Crippen molar-refractivity contribution in [3.63, 3.8) is 0 Å². The monoisotopic (exact) mass is 370 g/mol. The van der Waals surface area contributed by atoms with Gasteiger partial charge in [0, 0.05) is 37.0 Å². The summed E-state index contributed by atoms with van der Waals surface area (Å²) < 4.78 is 0. The lowest BCUT2D eigenvalue weighted by molar-refractivity contribution is -0.132. The van der Waals surface area contributed by atoms with Gasteiger partial charge in [0.15, 0.2) is 0 Å². The van der Waals surface area contributed by atoms with Crippen molar-refractivity contribution in [1.82, 2.24) is 10.2 Å². The average molecular weight is 371 g/mol. The number of carbonyl (C=O) groups excluding carboxylic acids is 2. The van der Waals surface area contributed by atoms with Crippen LogP contribution in [0, 0.1) is 5.92 Å². The van der Waals surface area contributed by atoms with Gasteiger partial charge >= 0.3 is 0 Å². The quantitative estimate of drug-likeness (QED) is 0.755. The maximum absolute atomic E-state index is 12.4. The Hall–Kier alpha value is -2.14. The van der Waals surface area contributed by atoms with E-state index in [-0.39, 0.29) is 11.8 Å². The number of hydrogen-bond acceptors (Lipinski definition) is 3. The lowest BCUT2D eigenvalue weighted by Crippen LogP contribution is -2.39. The number of nitrogens with zero attached hydrogens (tertiary/aromatic N) is 1. The Morgan fingerprint density at radius 3 is 2.58 bits per heavy atom. The van der Waals surface area contributed by atoms with Crippen LogP contribution in [0.2, 0.25) is 0 Å². The molecule has 0 unspecified atom stereocenters. The summed E-state index contributed by atoms with van der Waals surface area (Å²) >= 11 is 1.51. The molecule has 0 aliphatic carbocycles. The van der Waals surface area contributed by atoms with E-state index < -0.39 is 0 Å². The molecule has 1 N–H and O–H groups in total. The molecule has 0 radical (unpaired) electrons. The predicted octanol–water partition coefficient (Wildman–Crippen LogP) is 3.74. The number of carbonyl (C=O) groups is 2. The van der Waals surface area contributed by atoms with E-state index in [1.807, 2.05) is 27.8 Å². The van der Waals surface area contributed by atoms with Crippen molar-refractivity contribution in [3.05, 3.63) is 58.3 Å². The molecule has 0 saturated carbocycles. The Balaban J connectivity index is 1.31. The molecule has 0 spiro atoms. The van der Waals surface area contributed by atoms with Crippen LogP contribution < -0.4 is 5.32 Å². The van der Waals surface area contributed by atoms with Gasteiger partial charge < -0.3 is 10.2 Å². The summed E-state index contributed by atoms with van der Waals surface area (Å²) in [4.78, 5) is 26.2. The minimum atomic E-state index is -0.0552. The number of amides is 2. The number of thiophene rings is 1. The molecule has 1 fully saturated rings. The van der Waals surface area contributed by atoms with Crippen molar-refractivity contribution in [2.45, 2.75) is 32.1 Å². The Morgan fingerprint density at radius 1 is 1.12 bits per heavy atom. The van der Waals surface area contributed by atoms with Crippen molar-refractivity contribution in [3.8, 4) is 0 Å². The Labute approximate surface area is 159 Å². The normalized spacial score (nSPS) is 15.0. The smallest absolute Gasteiger partial charge is 0.252 e. The molecule has 1 aliphatic rings. The molecule has 26 heavy (non-hydrogen) atoms. The molecule has 4 nitrogen and oxygen atoms in total. The zero-order valence-corrected chi connectivity index (χ0v) is 15.8. The van der Waals surface area contributed by atoms with E-state index in [9.17, 15) is 9.59 Å². The van der Waals surface area contributed by atoms with Gasteiger partial charge in [-0.15, -0.1) is 0 Å². The van der Waals surface area contributed by atoms with Crippen molar-refractivity contribution < 1.29 is 9.59 Å². The van der Waals surface area contributed by atoms with Crippen LogP contribution in [0.3, 0.4) is 0 Å². The first-order valence-corrected chi connectivity index (χ1v) is 10.3. The van der Waals surface area contributed by atoms with E-state index >= 15 is 0 Å². The zero-order valence-electron chi connectivity index (χ0n) is 15.0. The minimum Gasteiger partial charge on any atom is -0.352 e. The van der Waals surface area contributed by atoms with Gasteiger partial charge in [-0.1, -0.05) is 30.3 Å². The van der Waals surface area contributed by atoms with Crippen LogP contribution in [-0.2, 0) is 11.2 Å². The van der Waals surface area contributed by atoms with Gasteiger partial charge in [0.25, 0.3) is 5.91 Å². The molecule has 0 atom stereocenters. The highest BCUT2D eigenvalue weighted by Crippen LogP contribution is 2.22. The molecule has 2 amide bonds. The molecule has 5 heteroatoms. The van der Waals surface area contributed by atoms with Crippen LogP contribution in [0.1, 0.15) is 41.6 Å². The van der Waals surface area contributed by atoms with E-state index in [1.165, 1.54) is 16.9 Å². The summed E-state index contributed by atoms with van der Waals surface area (Å²) in [5.74, 6) is 0.833. The van der Waals surface area contributed by atoms with Crippen LogP contribution in [0.25, 0.3) is 0 Å². The maximum Gasteiger partial charge on any atom is 0.252 e. The standard InChI is InChI=1S/C21H26N2O2S/c24-20(7-4-11-22-21(25)19-10-14-26-16-19)23-12-8-18(9-13-23)15-17-5-2-1-3-6-17/h1-3,5-6,10,14,16,18H,4,7-9,11-13,15H2,(H,22,25). The third-order valence-corrected chi connectivity index (χ3v) is 5.65. The van der Waals surface area contributed by atoms with Crippen LogP contribution >= 0.6 is 11.3 Å². The van der Waals surface area contributed by atoms with E-state index in [1.54, 1.807) is 0 Å². The van der Waals surface area contributed by atoms with Gasteiger partial charge in [0.1, 0.15) is 0 Å². The lowest BCUT2D eigenvalue weighted by Gasteiger charge is -2.32. The first-order chi connectivity index (χ1) is 12.7. The number of benzene rings is 1. The van der Waals surface area contributed by atoms with Gasteiger partial charge in [-0.3, -0.25) is 9.59 Å². The zero-order chi connectivity index (χ0) is 18.2. The molecule has 2 heterocycles. The fourth-order valence-corrected chi connectivity index (χ4v) is 4.07. The summed E-state index contributed by atoms with van der Waals surface area (Å²) in [6, 6.07) is 12.4. The first kappa shape index (κ1) is 18.6. The Morgan fingerprint density at radius 2 is 1.88 bits per heavy atom. The van der Waals surface area contributed by atoms with Crippen molar-refractivity contribution >= 4 is 23.2 Å². The summed E-state index contributed by atoms with van der Waals surface area (Å²) in [6.07, 6.45) is 4.47. The molecule has 3 rings (SSSR count). The molecule has 1 aromatic carbocycles. The lowest BCUT2D eigenvalue weighted by atomic mass is 9.90. The molecule has 1 aliphatic heterocycles. The average Bonchev–Trinajstić information content (AvgIpc) is 3.21. The second-order valence-electron chi connectivity index (χ2n) is 6.89. The highest BCUT2D eigenvalue weighted by Gasteiger charge is 2.22. The van der Waals surface area contributed by atoms with Crippen LogP contribution in [0.5, 0.6) is 0 Å². The van der Waals surface area contributed by atoms with Crippen molar-refractivity contribution in [2.75, 3.05) is 19.6 Å². The van der Waals surface area contributed by atoms with E-state index in [2.05, 4.69) is 29.6 Å². The van der Waals surface area contributed by atoms with Gasteiger partial charge in [-0.05, 0) is 48.6 Å². The highest BCUT2D eigenvalue weighted by molar-refractivity contribution is 7.08. The third kappa shape index (κ3) is 5.43. The number of hydrogen-bond donors (Lipinski definition) is 1. The second-order valence-corrected chi connectivity index (χ2v) is 7.67. The molecule has 138 valence electrons. The third-order valence-electron chi connectivity index (χ3n) is 4.97. The summed E-state index contributed by atoms with van der Waals surface area (Å²) in [6.45, 7) is 2.26. The highest BCUT2D eigenvalue weighted by atomic mass is 32.1. The molecule has 1 saturated heterocycles. The SMILES string of the molecule is O=C(NCCCC(=O)N1CCC(Cc2ccccc2)CC1)c1ccsc1. The van der Waals surface area contributed by atoms with Gasteiger partial charge in [0.05, 0.1) is 0 Å². The maximum atomic E-state index is 12.4. The van der Waals surface area contributed by atoms with E-state index in [0.717, 1.165) is 32.4 Å². The number of rotatable bonds is 7. The minimum absolute atomic E-state index is 0.0552. The van der Waals surface area contributed by atoms with Gasteiger partial charge in [-0.2, -0.15) is 11.3 Å². The van der Waals surface area contributed by atoms with Crippen molar-refractivity contribution in [2.24, 2.45) is 5.92 Å². The van der Waals surface area contributed by atoms with E-state index in [0.29, 0.717) is 30.9 Å². The van der Waals surface area contributed by atoms with Gasteiger partial charge in [-0.25, -0.2) is 0 Å². The molecular weight excluding hydrogens is 344 g/mol. The van der Waals surface area contributed by atoms with E-state index in [4.69, 9.17) is 0 Å². The fraction of sp³-hybridized carbons (Fsp3) is 0.429. The number of piperidine rings is 1. The molecule has 0 bridgehead atoms. The summed E-state index contributed by atoms with van der Waals surface area (Å²) in [5, 5.41) is 6.60. The van der Waals surface area contributed by atoms with Crippen LogP contribution in [0.15, 0.2) is 47.2 Å². The van der Waals surface area contributed by atoms with Crippen LogP contribution in [0.4, 0.5) is 0 Å². The largest absolute Gasteiger partial charge is 0.352 e. The molecule has 1 aromatic heterocycles. The topological polar surface area (TPSA) is 49.4 Å². The first-order valence-electron chi connectivity index (χ1n) is 9.34. The molecule has 2 aromatic rings.